The molecule has 7 heteroatoms. The van der Waals surface area contributed by atoms with Gasteiger partial charge >= 0.3 is 0 Å². The predicted octanol–water partition coefficient (Wildman–Crippen LogP) is 2.24. The number of ether oxygens (including phenoxy) is 1. The third-order valence-electron chi connectivity index (χ3n) is 6.43. The summed E-state index contributed by atoms with van der Waals surface area (Å²) in [6.07, 6.45) is 4.68. The maximum atomic E-state index is 12.3. The van der Waals surface area contributed by atoms with Crippen LogP contribution in [0.4, 0.5) is 0 Å². The Kier molecular flexibility index (Phi) is 6.39. The highest BCUT2D eigenvalue weighted by atomic mass is 16.5. The SMILES string of the molecule is O=c1ccc(-c2cccnc2)nn1CCN1CCN(CC2OCCc3ccccc32)CC1. The highest BCUT2D eigenvalue weighted by Gasteiger charge is 2.25. The smallest absolute Gasteiger partial charge is 0.266 e. The Morgan fingerprint density at radius 3 is 2.62 bits per heavy atom. The lowest BCUT2D eigenvalue weighted by Crippen LogP contribution is -2.49. The standard InChI is InChI=1S/C25H29N5O2/c31-25-8-7-23(21-5-3-10-26-18-21)27-30(25)16-15-28-11-13-29(14-12-28)19-24-22-6-2-1-4-20(22)9-17-32-24/h1-8,10,18,24H,9,11-17,19H2. The number of fused-ring (bicyclic) bond motifs is 1. The lowest BCUT2D eigenvalue weighted by Gasteiger charge is -2.37. The van der Waals surface area contributed by atoms with Crippen molar-refractivity contribution in [2.45, 2.75) is 19.1 Å². The molecule has 1 aromatic carbocycles. The Morgan fingerprint density at radius 1 is 0.938 bits per heavy atom. The van der Waals surface area contributed by atoms with Crippen molar-refractivity contribution < 1.29 is 4.74 Å². The highest BCUT2D eigenvalue weighted by Crippen LogP contribution is 2.27. The van der Waals surface area contributed by atoms with Gasteiger partial charge in [0.1, 0.15) is 0 Å². The van der Waals surface area contributed by atoms with Crippen molar-refractivity contribution in [2.75, 3.05) is 45.9 Å². The molecular weight excluding hydrogens is 402 g/mol. The van der Waals surface area contributed by atoms with Gasteiger partial charge in [-0.25, -0.2) is 4.68 Å². The van der Waals surface area contributed by atoms with Crippen LogP contribution >= 0.6 is 0 Å². The minimum absolute atomic E-state index is 0.0654. The molecular formula is C25H29N5O2. The van der Waals surface area contributed by atoms with Gasteiger partial charge in [-0.05, 0) is 35.7 Å². The van der Waals surface area contributed by atoms with Gasteiger partial charge < -0.3 is 4.74 Å². The van der Waals surface area contributed by atoms with Crippen molar-refractivity contribution in [2.24, 2.45) is 0 Å². The summed E-state index contributed by atoms with van der Waals surface area (Å²) in [6, 6.07) is 15.8. The van der Waals surface area contributed by atoms with Gasteiger partial charge in [0.15, 0.2) is 0 Å². The minimum Gasteiger partial charge on any atom is -0.372 e. The second kappa shape index (κ2) is 9.73. The number of hydrogen-bond acceptors (Lipinski definition) is 6. The van der Waals surface area contributed by atoms with Gasteiger partial charge in [-0.1, -0.05) is 24.3 Å². The molecule has 0 saturated carbocycles. The Morgan fingerprint density at radius 2 is 1.78 bits per heavy atom. The number of benzene rings is 1. The summed E-state index contributed by atoms with van der Waals surface area (Å²) in [5, 5.41) is 4.55. The quantitative estimate of drug-likeness (QED) is 0.597. The molecule has 32 heavy (non-hydrogen) atoms. The number of hydrogen-bond donors (Lipinski definition) is 0. The number of pyridine rings is 1. The van der Waals surface area contributed by atoms with E-state index in [1.54, 1.807) is 29.2 Å². The Labute approximate surface area is 188 Å². The van der Waals surface area contributed by atoms with E-state index in [1.807, 2.05) is 12.1 Å². The summed E-state index contributed by atoms with van der Waals surface area (Å²) in [6.45, 7) is 7.17. The topological polar surface area (TPSA) is 63.5 Å². The van der Waals surface area contributed by atoms with Crippen molar-refractivity contribution >= 4 is 0 Å². The summed E-state index contributed by atoms with van der Waals surface area (Å²) in [5.41, 5.74) is 4.40. The third-order valence-corrected chi connectivity index (χ3v) is 6.43. The summed E-state index contributed by atoms with van der Waals surface area (Å²) in [4.78, 5) is 21.3. The van der Waals surface area contributed by atoms with Crippen LogP contribution in [0.3, 0.4) is 0 Å². The van der Waals surface area contributed by atoms with E-state index in [4.69, 9.17) is 4.74 Å². The Balaban J connectivity index is 1.14. The van der Waals surface area contributed by atoms with Crippen LogP contribution in [0.15, 0.2) is 65.7 Å². The molecule has 7 nitrogen and oxygen atoms in total. The fourth-order valence-corrected chi connectivity index (χ4v) is 4.57. The van der Waals surface area contributed by atoms with E-state index in [2.05, 4.69) is 44.1 Å². The van der Waals surface area contributed by atoms with Crippen molar-refractivity contribution in [3.05, 3.63) is 82.4 Å². The molecule has 4 heterocycles. The van der Waals surface area contributed by atoms with Crippen LogP contribution in [0.25, 0.3) is 11.3 Å². The van der Waals surface area contributed by atoms with Crippen LogP contribution in [-0.4, -0.2) is 70.4 Å². The Hall–Kier alpha value is -2.87. The fourth-order valence-electron chi connectivity index (χ4n) is 4.57. The van der Waals surface area contributed by atoms with E-state index in [-0.39, 0.29) is 11.7 Å². The molecule has 1 fully saturated rings. The van der Waals surface area contributed by atoms with Crippen LogP contribution in [0.1, 0.15) is 17.2 Å². The number of aromatic nitrogens is 3. The average molecular weight is 432 g/mol. The normalized spacial score (nSPS) is 19.6. The molecule has 1 unspecified atom stereocenters. The molecule has 1 saturated heterocycles. The van der Waals surface area contributed by atoms with Crippen molar-refractivity contribution in [1.29, 1.82) is 0 Å². The number of rotatable bonds is 6. The largest absolute Gasteiger partial charge is 0.372 e. The van der Waals surface area contributed by atoms with E-state index in [0.717, 1.165) is 63.6 Å². The zero-order chi connectivity index (χ0) is 21.8. The summed E-state index contributed by atoms with van der Waals surface area (Å²) in [7, 11) is 0. The molecule has 0 aliphatic carbocycles. The van der Waals surface area contributed by atoms with E-state index in [0.29, 0.717) is 6.54 Å². The fraction of sp³-hybridized carbons (Fsp3) is 0.400. The van der Waals surface area contributed by atoms with Gasteiger partial charge in [0.25, 0.3) is 5.56 Å². The highest BCUT2D eigenvalue weighted by molar-refractivity contribution is 5.56. The lowest BCUT2D eigenvalue weighted by atomic mass is 9.97. The molecule has 166 valence electrons. The first kappa shape index (κ1) is 21.0. The van der Waals surface area contributed by atoms with Crippen LogP contribution in [0, 0.1) is 0 Å². The second-order valence-corrected chi connectivity index (χ2v) is 8.47. The summed E-state index contributed by atoms with van der Waals surface area (Å²) >= 11 is 0. The molecule has 5 rings (SSSR count). The number of nitrogens with zero attached hydrogens (tertiary/aromatic N) is 5. The van der Waals surface area contributed by atoms with E-state index in [9.17, 15) is 4.79 Å². The van der Waals surface area contributed by atoms with Crippen LogP contribution in [0.5, 0.6) is 0 Å². The van der Waals surface area contributed by atoms with E-state index >= 15 is 0 Å². The van der Waals surface area contributed by atoms with Gasteiger partial charge in [-0.3, -0.25) is 19.6 Å². The van der Waals surface area contributed by atoms with Gasteiger partial charge in [-0.2, -0.15) is 5.10 Å². The summed E-state index contributed by atoms with van der Waals surface area (Å²) < 4.78 is 7.67. The third kappa shape index (κ3) is 4.80. The zero-order valence-corrected chi connectivity index (χ0v) is 18.3. The molecule has 0 amide bonds. The van der Waals surface area contributed by atoms with Crippen LogP contribution < -0.4 is 5.56 Å². The van der Waals surface area contributed by atoms with Crippen molar-refractivity contribution in [1.82, 2.24) is 24.6 Å². The lowest BCUT2D eigenvalue weighted by molar-refractivity contribution is 0.00425. The molecule has 0 bridgehead atoms. The maximum Gasteiger partial charge on any atom is 0.266 e. The molecule has 3 aromatic rings. The molecule has 0 N–H and O–H groups in total. The second-order valence-electron chi connectivity index (χ2n) is 8.47. The average Bonchev–Trinajstić information content (AvgIpc) is 2.85. The van der Waals surface area contributed by atoms with Gasteiger partial charge in [0.2, 0.25) is 0 Å². The van der Waals surface area contributed by atoms with E-state index in [1.165, 1.54) is 11.1 Å². The molecule has 2 aromatic heterocycles. The predicted molar refractivity (Wildman–Crippen MR) is 123 cm³/mol. The first-order valence-corrected chi connectivity index (χ1v) is 11.4. The first-order valence-electron chi connectivity index (χ1n) is 11.4. The Bertz CT molecular complexity index is 1090. The molecule has 2 aliphatic heterocycles. The molecule has 1 atom stereocenters. The van der Waals surface area contributed by atoms with E-state index < -0.39 is 0 Å². The minimum atomic E-state index is -0.0654. The van der Waals surface area contributed by atoms with Gasteiger partial charge in [0, 0.05) is 63.3 Å². The summed E-state index contributed by atoms with van der Waals surface area (Å²) in [5.74, 6) is 0. The van der Waals surface area contributed by atoms with Gasteiger partial charge in [-0.15, -0.1) is 0 Å². The van der Waals surface area contributed by atoms with Crippen molar-refractivity contribution in [3.8, 4) is 11.3 Å². The monoisotopic (exact) mass is 431 g/mol. The van der Waals surface area contributed by atoms with Crippen LogP contribution in [-0.2, 0) is 17.7 Å². The molecule has 0 spiro atoms. The first-order chi connectivity index (χ1) is 15.8. The zero-order valence-electron chi connectivity index (χ0n) is 18.3. The van der Waals surface area contributed by atoms with Crippen molar-refractivity contribution in [3.63, 3.8) is 0 Å². The maximum absolute atomic E-state index is 12.3. The number of piperazine rings is 1. The molecule has 2 aliphatic rings. The molecule has 0 radical (unpaired) electrons. The van der Waals surface area contributed by atoms with Crippen LogP contribution in [0.2, 0.25) is 0 Å². The van der Waals surface area contributed by atoms with Gasteiger partial charge in [0.05, 0.1) is 24.9 Å².